The van der Waals surface area contributed by atoms with Crippen molar-refractivity contribution in [3.63, 3.8) is 0 Å². The molecule has 0 bridgehead atoms. The molecule has 3 aliphatic rings. The van der Waals surface area contributed by atoms with Crippen LogP contribution in [0.2, 0.25) is 5.02 Å². The van der Waals surface area contributed by atoms with E-state index >= 15 is 0 Å². The highest BCUT2D eigenvalue weighted by Crippen LogP contribution is 2.50. The van der Waals surface area contributed by atoms with Crippen LogP contribution in [0.15, 0.2) is 24.3 Å². The number of nitrogens with two attached hydrogens (primary N) is 1. The Balaban J connectivity index is 1.40. The molecule has 1 aromatic carbocycles. The van der Waals surface area contributed by atoms with Crippen LogP contribution in [0, 0.1) is 11.3 Å². The fraction of sp³-hybridized carbons (Fsp3) is 0.556. The van der Waals surface area contributed by atoms with E-state index < -0.39 is 47.1 Å². The lowest BCUT2D eigenvalue weighted by atomic mass is 9.71. The highest BCUT2D eigenvalue weighted by atomic mass is 35.5. The van der Waals surface area contributed by atoms with Gasteiger partial charge in [-0.2, -0.15) is 0 Å². The van der Waals surface area contributed by atoms with Crippen LogP contribution in [0.5, 0.6) is 0 Å². The predicted molar refractivity (Wildman–Crippen MR) is 140 cm³/mol. The third kappa shape index (κ3) is 5.59. The van der Waals surface area contributed by atoms with Crippen LogP contribution in [0.25, 0.3) is 10.9 Å². The molecule has 5 N–H and O–H groups in total. The summed E-state index contributed by atoms with van der Waals surface area (Å²) in [5, 5.41) is 6.58. The van der Waals surface area contributed by atoms with Gasteiger partial charge in [0, 0.05) is 37.2 Å². The van der Waals surface area contributed by atoms with Gasteiger partial charge >= 0.3 is 0 Å². The summed E-state index contributed by atoms with van der Waals surface area (Å²) in [4.78, 5) is 56.3. The molecular formula is C27H32ClF2N5O4. The van der Waals surface area contributed by atoms with Crippen LogP contribution < -0.4 is 16.4 Å². The van der Waals surface area contributed by atoms with Crippen molar-refractivity contribution < 1.29 is 28.0 Å². The molecule has 9 nitrogen and oxygen atoms in total. The van der Waals surface area contributed by atoms with Crippen LogP contribution in [0.3, 0.4) is 0 Å². The van der Waals surface area contributed by atoms with E-state index in [0.717, 1.165) is 11.8 Å². The molecule has 39 heavy (non-hydrogen) atoms. The second kappa shape index (κ2) is 10.4. The summed E-state index contributed by atoms with van der Waals surface area (Å²) in [6, 6.07) is 4.79. The van der Waals surface area contributed by atoms with Gasteiger partial charge in [-0.15, -0.1) is 0 Å². The van der Waals surface area contributed by atoms with Crippen molar-refractivity contribution in [3.8, 4) is 0 Å². The topological polar surface area (TPSA) is 137 Å². The number of amides is 4. The fourth-order valence-electron chi connectivity index (χ4n) is 6.26. The number of fused-ring (bicyclic) bond motifs is 1. The summed E-state index contributed by atoms with van der Waals surface area (Å²) in [5.74, 6) is -5.27. The van der Waals surface area contributed by atoms with Gasteiger partial charge in [-0.25, -0.2) is 8.78 Å². The smallest absolute Gasteiger partial charge is 0.271 e. The van der Waals surface area contributed by atoms with Crippen molar-refractivity contribution in [3.05, 3.63) is 35.0 Å². The lowest BCUT2D eigenvalue weighted by Gasteiger charge is -2.36. The van der Waals surface area contributed by atoms with Crippen molar-refractivity contribution in [1.82, 2.24) is 20.5 Å². The molecule has 3 heterocycles. The molecule has 12 heteroatoms. The summed E-state index contributed by atoms with van der Waals surface area (Å²) in [5.41, 5.74) is 5.74. The number of aromatic nitrogens is 1. The van der Waals surface area contributed by atoms with E-state index in [1.165, 1.54) is 4.90 Å². The van der Waals surface area contributed by atoms with E-state index in [4.69, 9.17) is 17.3 Å². The number of benzene rings is 1. The van der Waals surface area contributed by atoms with Gasteiger partial charge in [0.1, 0.15) is 17.8 Å². The summed E-state index contributed by atoms with van der Waals surface area (Å²) < 4.78 is 28.1. The molecule has 1 spiro atoms. The average Bonchev–Trinajstić information content (AvgIpc) is 3.50. The maximum atomic E-state index is 14.0. The second-order valence-corrected chi connectivity index (χ2v) is 11.6. The summed E-state index contributed by atoms with van der Waals surface area (Å²) in [7, 11) is 0. The number of hydrogen-bond acceptors (Lipinski definition) is 4. The van der Waals surface area contributed by atoms with Gasteiger partial charge in [0.05, 0.1) is 10.5 Å². The Morgan fingerprint density at radius 1 is 1.21 bits per heavy atom. The normalized spacial score (nSPS) is 24.9. The Hall–Kier alpha value is -3.21. The van der Waals surface area contributed by atoms with Gasteiger partial charge in [-0.3, -0.25) is 19.2 Å². The Labute approximate surface area is 229 Å². The van der Waals surface area contributed by atoms with Crippen molar-refractivity contribution >= 4 is 46.1 Å². The molecule has 2 saturated heterocycles. The highest BCUT2D eigenvalue weighted by Gasteiger charge is 2.53. The molecule has 3 atom stereocenters. The number of alkyl halides is 2. The molecular weight excluding hydrogens is 532 g/mol. The lowest BCUT2D eigenvalue weighted by Crippen LogP contribution is -2.53. The van der Waals surface area contributed by atoms with Crippen molar-refractivity contribution in [1.29, 1.82) is 0 Å². The maximum Gasteiger partial charge on any atom is 0.271 e. The number of likely N-dealkylation sites (tertiary alicyclic amines) is 1. The van der Waals surface area contributed by atoms with E-state index in [1.807, 2.05) is 0 Å². The number of piperidine rings is 1. The van der Waals surface area contributed by atoms with Crippen LogP contribution in [-0.4, -0.2) is 64.6 Å². The quantitative estimate of drug-likeness (QED) is 0.429. The zero-order valence-corrected chi connectivity index (χ0v) is 22.2. The first-order valence-corrected chi connectivity index (χ1v) is 13.7. The van der Waals surface area contributed by atoms with Gasteiger partial charge in [0.15, 0.2) is 0 Å². The number of halogens is 3. The summed E-state index contributed by atoms with van der Waals surface area (Å²) >= 11 is 6.27. The number of rotatable bonds is 6. The van der Waals surface area contributed by atoms with Crippen LogP contribution >= 0.6 is 11.6 Å². The fourth-order valence-corrected chi connectivity index (χ4v) is 6.49. The van der Waals surface area contributed by atoms with Crippen molar-refractivity contribution in [2.45, 2.75) is 69.4 Å². The number of nitrogens with one attached hydrogen (secondary N) is 3. The van der Waals surface area contributed by atoms with Crippen molar-refractivity contribution in [2.75, 3.05) is 13.1 Å². The van der Waals surface area contributed by atoms with Gasteiger partial charge in [-0.05, 0) is 56.1 Å². The molecule has 4 amide bonds. The van der Waals surface area contributed by atoms with Gasteiger partial charge in [0.2, 0.25) is 23.6 Å². The number of aromatic amines is 1. The molecule has 1 saturated carbocycles. The SMILES string of the molecule is NC(=O)[C@H](C[C@@H]1CCCNC1=O)NC(=O)C1CC2(CCC(F)(F)CC2)CN1C(=O)c1cc2cccc(Cl)c2[nH]1. The van der Waals surface area contributed by atoms with E-state index in [9.17, 15) is 28.0 Å². The summed E-state index contributed by atoms with van der Waals surface area (Å²) in [6.07, 6.45) is 1.28. The Morgan fingerprint density at radius 3 is 2.62 bits per heavy atom. The minimum atomic E-state index is -2.77. The standard InChI is InChI=1S/C27H32ClF2N5O4/c28-17-5-1-3-15-11-19(33-21(15)17)25(39)35-14-26(6-8-27(29,30)9-7-26)13-20(35)24(38)34-18(22(31)36)12-16-4-2-10-32-23(16)37/h1,3,5,11,16,18,20,33H,2,4,6-10,12-14H2,(H2,31,36)(H,32,37)(H,34,38)/t16-,18-,20?/m0/s1. The van der Waals surface area contributed by atoms with E-state index in [-0.39, 0.29) is 56.7 Å². The number of para-hydroxylation sites is 1. The number of carbonyl (C=O) groups excluding carboxylic acids is 4. The van der Waals surface area contributed by atoms with E-state index in [0.29, 0.717) is 23.5 Å². The van der Waals surface area contributed by atoms with Gasteiger partial charge < -0.3 is 26.3 Å². The second-order valence-electron chi connectivity index (χ2n) is 11.2. The monoisotopic (exact) mass is 563 g/mol. The third-order valence-electron chi connectivity index (χ3n) is 8.53. The number of H-pyrrole nitrogens is 1. The third-order valence-corrected chi connectivity index (χ3v) is 8.84. The maximum absolute atomic E-state index is 14.0. The molecule has 1 unspecified atom stereocenters. The first-order valence-electron chi connectivity index (χ1n) is 13.3. The molecule has 1 aromatic heterocycles. The number of primary amides is 1. The Bertz CT molecular complexity index is 1300. The molecule has 5 rings (SSSR count). The number of carbonyl (C=O) groups is 4. The van der Waals surface area contributed by atoms with Gasteiger partial charge in [-0.1, -0.05) is 23.7 Å². The first kappa shape index (κ1) is 27.4. The number of nitrogens with zero attached hydrogens (tertiary/aromatic N) is 1. The minimum Gasteiger partial charge on any atom is -0.368 e. The van der Waals surface area contributed by atoms with E-state index in [2.05, 4.69) is 15.6 Å². The Morgan fingerprint density at radius 2 is 1.95 bits per heavy atom. The lowest BCUT2D eigenvalue weighted by molar-refractivity contribution is -0.132. The van der Waals surface area contributed by atoms with Crippen LogP contribution in [-0.2, 0) is 14.4 Å². The molecule has 0 radical (unpaired) electrons. The number of hydrogen-bond donors (Lipinski definition) is 4. The zero-order chi connectivity index (χ0) is 27.9. The highest BCUT2D eigenvalue weighted by molar-refractivity contribution is 6.35. The molecule has 3 fully saturated rings. The van der Waals surface area contributed by atoms with Crippen LogP contribution in [0.1, 0.15) is 61.9 Å². The van der Waals surface area contributed by atoms with Gasteiger partial charge in [0.25, 0.3) is 5.91 Å². The molecule has 1 aliphatic carbocycles. The average molecular weight is 564 g/mol. The van der Waals surface area contributed by atoms with Crippen LogP contribution in [0.4, 0.5) is 8.78 Å². The minimum absolute atomic E-state index is 0.0471. The predicted octanol–water partition coefficient (Wildman–Crippen LogP) is 3.12. The first-order chi connectivity index (χ1) is 18.5. The molecule has 210 valence electrons. The summed E-state index contributed by atoms with van der Waals surface area (Å²) in [6.45, 7) is 0.692. The Kier molecular flexibility index (Phi) is 7.30. The zero-order valence-electron chi connectivity index (χ0n) is 21.4. The molecule has 2 aliphatic heterocycles. The molecule has 2 aromatic rings. The van der Waals surface area contributed by atoms with E-state index in [1.54, 1.807) is 24.3 Å². The van der Waals surface area contributed by atoms with Crippen molar-refractivity contribution in [2.24, 2.45) is 17.1 Å². The largest absolute Gasteiger partial charge is 0.368 e.